The van der Waals surface area contributed by atoms with Crippen molar-refractivity contribution in [1.82, 2.24) is 29.8 Å². The molecule has 0 saturated carbocycles. The Morgan fingerprint density at radius 1 is 1.06 bits per heavy atom. The zero-order valence-corrected chi connectivity index (χ0v) is 19.6. The van der Waals surface area contributed by atoms with Crippen LogP contribution in [0.1, 0.15) is 10.4 Å². The molecular weight excluding hydrogens is 483 g/mol. The van der Waals surface area contributed by atoms with Crippen LogP contribution < -0.4 is 10.6 Å². The lowest BCUT2D eigenvalue weighted by molar-refractivity contribution is 0.102. The number of rotatable bonds is 5. The molecule has 3 aromatic heterocycles. The van der Waals surface area contributed by atoms with E-state index in [1.807, 2.05) is 36.4 Å². The van der Waals surface area contributed by atoms with Gasteiger partial charge in [-0.05, 0) is 42.5 Å². The fourth-order valence-corrected chi connectivity index (χ4v) is 4.30. The van der Waals surface area contributed by atoms with Gasteiger partial charge in [-0.15, -0.1) is 5.10 Å². The molecular formula is C25H18ClFN8O. The number of nitrogens with one attached hydrogen (secondary N) is 3. The molecule has 0 radical (unpaired) electrons. The van der Waals surface area contributed by atoms with Gasteiger partial charge in [0.1, 0.15) is 5.82 Å². The molecule has 178 valence electrons. The molecule has 36 heavy (non-hydrogen) atoms. The van der Waals surface area contributed by atoms with Crippen LogP contribution in [-0.4, -0.2) is 35.7 Å². The highest BCUT2D eigenvalue weighted by atomic mass is 35.5. The quantitative estimate of drug-likeness (QED) is 0.293. The number of para-hydroxylation sites is 1. The molecule has 6 rings (SSSR count). The van der Waals surface area contributed by atoms with E-state index in [-0.39, 0.29) is 5.69 Å². The average molecular weight is 501 g/mol. The molecule has 0 saturated heterocycles. The number of carbonyl (C=O) groups is 1. The van der Waals surface area contributed by atoms with Crippen LogP contribution in [0.2, 0.25) is 5.02 Å². The summed E-state index contributed by atoms with van der Waals surface area (Å²) in [6, 6.07) is 15.8. The van der Waals surface area contributed by atoms with Crippen molar-refractivity contribution in [2.75, 3.05) is 10.6 Å². The topological polar surface area (TPSA) is 105 Å². The zero-order valence-electron chi connectivity index (χ0n) is 18.8. The van der Waals surface area contributed by atoms with Crippen molar-refractivity contribution in [3.63, 3.8) is 0 Å². The van der Waals surface area contributed by atoms with Crippen molar-refractivity contribution in [2.24, 2.45) is 7.05 Å². The molecule has 0 aliphatic heterocycles. The SMILES string of the molecule is Cn1cc(C(=O)Nc2cc(-n3nc(Nc4ccc5[nH]ncc5c4Cl)c4ccccc43)ccc2F)cn1. The normalized spacial score (nSPS) is 11.3. The van der Waals surface area contributed by atoms with Crippen LogP contribution in [0.5, 0.6) is 0 Å². The second kappa shape index (κ2) is 8.51. The highest BCUT2D eigenvalue weighted by Crippen LogP contribution is 2.35. The lowest BCUT2D eigenvalue weighted by Crippen LogP contribution is -2.13. The van der Waals surface area contributed by atoms with Crippen LogP contribution in [0.3, 0.4) is 0 Å². The lowest BCUT2D eigenvalue weighted by atomic mass is 10.2. The van der Waals surface area contributed by atoms with Gasteiger partial charge >= 0.3 is 0 Å². The van der Waals surface area contributed by atoms with Gasteiger partial charge < -0.3 is 10.6 Å². The third-order valence-corrected chi connectivity index (χ3v) is 6.22. The van der Waals surface area contributed by atoms with Crippen molar-refractivity contribution >= 4 is 56.5 Å². The Balaban J connectivity index is 1.39. The summed E-state index contributed by atoms with van der Waals surface area (Å²) in [6.07, 6.45) is 4.64. The number of H-pyrrole nitrogens is 1. The van der Waals surface area contributed by atoms with Crippen molar-refractivity contribution in [3.05, 3.63) is 89.6 Å². The molecule has 11 heteroatoms. The van der Waals surface area contributed by atoms with Gasteiger partial charge in [-0.3, -0.25) is 14.6 Å². The lowest BCUT2D eigenvalue weighted by Gasteiger charge is -2.09. The Morgan fingerprint density at radius 2 is 1.92 bits per heavy atom. The summed E-state index contributed by atoms with van der Waals surface area (Å²) in [4.78, 5) is 12.6. The van der Waals surface area contributed by atoms with Gasteiger partial charge in [-0.25, -0.2) is 9.07 Å². The number of benzene rings is 3. The van der Waals surface area contributed by atoms with Crippen LogP contribution in [0.4, 0.5) is 21.6 Å². The molecule has 0 atom stereocenters. The number of hydrogen-bond donors (Lipinski definition) is 3. The van der Waals surface area contributed by atoms with Crippen molar-refractivity contribution < 1.29 is 9.18 Å². The molecule has 1 amide bonds. The minimum Gasteiger partial charge on any atom is -0.337 e. The smallest absolute Gasteiger partial charge is 0.258 e. The molecule has 3 heterocycles. The van der Waals surface area contributed by atoms with E-state index in [4.69, 9.17) is 16.7 Å². The number of fused-ring (bicyclic) bond motifs is 2. The highest BCUT2D eigenvalue weighted by molar-refractivity contribution is 6.38. The first kappa shape index (κ1) is 21.8. The van der Waals surface area contributed by atoms with Gasteiger partial charge in [-0.2, -0.15) is 10.2 Å². The maximum atomic E-state index is 14.6. The predicted octanol–water partition coefficient (Wildman–Crippen LogP) is 5.42. The third-order valence-electron chi connectivity index (χ3n) is 5.81. The van der Waals surface area contributed by atoms with Gasteiger partial charge in [0.05, 0.1) is 51.1 Å². The number of aromatic amines is 1. The zero-order chi connectivity index (χ0) is 24.8. The molecule has 6 aromatic rings. The highest BCUT2D eigenvalue weighted by Gasteiger charge is 2.17. The fraction of sp³-hybridized carbons (Fsp3) is 0.0400. The van der Waals surface area contributed by atoms with Crippen LogP contribution in [-0.2, 0) is 7.05 Å². The Morgan fingerprint density at radius 3 is 2.75 bits per heavy atom. The second-order valence-corrected chi connectivity index (χ2v) is 8.56. The standard InChI is InChI=1S/C25H18ClFN8O/c1-34-13-14(11-29-34)25(36)31-21-10-15(6-7-18(21)27)35-22-5-3-2-4-16(22)24(33-35)30-20-9-8-19-17(23(20)26)12-28-32-19/h2-13H,1H3,(H,28,32)(H,30,33)(H,31,36). The van der Waals surface area contributed by atoms with E-state index in [9.17, 15) is 9.18 Å². The molecule has 0 fully saturated rings. The maximum Gasteiger partial charge on any atom is 0.258 e. The molecule has 9 nitrogen and oxygen atoms in total. The summed E-state index contributed by atoms with van der Waals surface area (Å²) in [5.74, 6) is -0.456. The van der Waals surface area contributed by atoms with Crippen LogP contribution in [0, 0.1) is 5.82 Å². The van der Waals surface area contributed by atoms with Gasteiger partial charge in [-0.1, -0.05) is 23.7 Å². The Hall–Kier alpha value is -4.70. The van der Waals surface area contributed by atoms with E-state index in [1.165, 1.54) is 23.0 Å². The van der Waals surface area contributed by atoms with Gasteiger partial charge in [0.2, 0.25) is 0 Å². The fourth-order valence-electron chi connectivity index (χ4n) is 4.04. The first-order valence-corrected chi connectivity index (χ1v) is 11.3. The average Bonchev–Trinajstić information content (AvgIpc) is 3.61. The number of aryl methyl sites for hydroxylation is 1. The summed E-state index contributed by atoms with van der Waals surface area (Å²) in [5, 5.41) is 23.7. The number of nitrogens with zero attached hydrogens (tertiary/aromatic N) is 5. The molecule has 0 bridgehead atoms. The Labute approximate surface area is 208 Å². The first-order valence-electron chi connectivity index (χ1n) is 10.9. The summed E-state index contributed by atoms with van der Waals surface area (Å²) in [6.45, 7) is 0. The number of halogens is 2. The van der Waals surface area contributed by atoms with Gasteiger partial charge in [0, 0.05) is 24.0 Å². The van der Waals surface area contributed by atoms with Crippen LogP contribution >= 0.6 is 11.6 Å². The number of hydrogen-bond acceptors (Lipinski definition) is 5. The largest absolute Gasteiger partial charge is 0.337 e. The van der Waals surface area contributed by atoms with Crippen molar-refractivity contribution in [1.29, 1.82) is 0 Å². The molecule has 0 aliphatic rings. The summed E-state index contributed by atoms with van der Waals surface area (Å²) < 4.78 is 17.8. The summed E-state index contributed by atoms with van der Waals surface area (Å²) >= 11 is 6.60. The molecule has 0 aliphatic carbocycles. The first-order chi connectivity index (χ1) is 17.5. The van der Waals surface area contributed by atoms with E-state index >= 15 is 0 Å². The molecule has 3 aromatic carbocycles. The van der Waals surface area contributed by atoms with Gasteiger partial charge in [0.25, 0.3) is 5.91 Å². The maximum absolute atomic E-state index is 14.6. The number of amides is 1. The monoisotopic (exact) mass is 500 g/mol. The summed E-state index contributed by atoms with van der Waals surface area (Å²) in [7, 11) is 1.70. The van der Waals surface area contributed by atoms with Crippen LogP contribution in [0.15, 0.2) is 73.2 Å². The number of aromatic nitrogens is 6. The van der Waals surface area contributed by atoms with Crippen molar-refractivity contribution in [3.8, 4) is 5.69 Å². The second-order valence-electron chi connectivity index (χ2n) is 8.18. The van der Waals surface area contributed by atoms with E-state index in [2.05, 4.69) is 25.9 Å². The number of carbonyl (C=O) groups excluding carboxylic acids is 1. The third kappa shape index (κ3) is 3.73. The van der Waals surface area contributed by atoms with Gasteiger partial charge in [0.15, 0.2) is 5.82 Å². The Kier molecular flexibility index (Phi) is 5.15. The predicted molar refractivity (Wildman–Crippen MR) is 137 cm³/mol. The minimum atomic E-state index is -0.564. The molecule has 3 N–H and O–H groups in total. The van der Waals surface area contributed by atoms with Crippen molar-refractivity contribution in [2.45, 2.75) is 0 Å². The molecule has 0 unspecified atom stereocenters. The van der Waals surface area contributed by atoms with Crippen LogP contribution in [0.25, 0.3) is 27.5 Å². The Bertz CT molecular complexity index is 1770. The molecule has 0 spiro atoms. The van der Waals surface area contributed by atoms with E-state index in [0.717, 1.165) is 21.8 Å². The van der Waals surface area contributed by atoms with E-state index in [0.29, 0.717) is 27.8 Å². The minimum absolute atomic E-state index is 0.0314. The van der Waals surface area contributed by atoms with E-state index in [1.54, 1.807) is 30.2 Å². The number of anilines is 3. The van der Waals surface area contributed by atoms with E-state index < -0.39 is 11.7 Å². The summed E-state index contributed by atoms with van der Waals surface area (Å²) in [5.41, 5.74) is 3.21.